The molecule has 1 amide bonds. The molecule has 0 radical (unpaired) electrons. The van der Waals surface area contributed by atoms with E-state index in [1.807, 2.05) is 0 Å². The molecular formula is C16H28N2O3. The van der Waals surface area contributed by atoms with Crippen molar-refractivity contribution in [2.75, 3.05) is 13.1 Å². The van der Waals surface area contributed by atoms with E-state index in [1.54, 1.807) is 0 Å². The molecular weight excluding hydrogens is 268 g/mol. The van der Waals surface area contributed by atoms with E-state index in [9.17, 15) is 9.59 Å². The third kappa shape index (κ3) is 5.30. The Balaban J connectivity index is 1.56. The minimum Gasteiger partial charge on any atom is -0.481 e. The van der Waals surface area contributed by atoms with Crippen LogP contribution in [0.4, 0.5) is 0 Å². The average molecular weight is 296 g/mol. The number of carboxylic acids is 1. The molecule has 5 heteroatoms. The predicted octanol–water partition coefficient (Wildman–Crippen LogP) is 1.92. The van der Waals surface area contributed by atoms with E-state index in [2.05, 4.69) is 10.6 Å². The topological polar surface area (TPSA) is 78.4 Å². The zero-order valence-corrected chi connectivity index (χ0v) is 12.8. The van der Waals surface area contributed by atoms with E-state index in [4.69, 9.17) is 5.11 Å². The third-order valence-corrected chi connectivity index (χ3v) is 4.88. The van der Waals surface area contributed by atoms with Gasteiger partial charge >= 0.3 is 5.97 Å². The first-order valence-electron chi connectivity index (χ1n) is 8.39. The van der Waals surface area contributed by atoms with Crippen LogP contribution in [0, 0.1) is 11.8 Å². The van der Waals surface area contributed by atoms with Gasteiger partial charge in [0, 0.05) is 19.0 Å². The van der Waals surface area contributed by atoms with Crippen molar-refractivity contribution >= 4 is 11.9 Å². The van der Waals surface area contributed by atoms with Gasteiger partial charge in [0.1, 0.15) is 0 Å². The lowest BCUT2D eigenvalue weighted by molar-refractivity contribution is -0.142. The molecule has 2 aliphatic carbocycles. The number of amides is 1. The quantitative estimate of drug-likeness (QED) is 0.627. The molecule has 0 bridgehead atoms. The SMILES string of the molecule is O=C(CCNCC1CCCC1C(=O)O)NC1CCCCC1. The van der Waals surface area contributed by atoms with Crippen molar-refractivity contribution in [1.29, 1.82) is 0 Å². The number of rotatable bonds is 7. The summed E-state index contributed by atoms with van der Waals surface area (Å²) in [7, 11) is 0. The molecule has 0 saturated heterocycles. The number of nitrogens with one attached hydrogen (secondary N) is 2. The summed E-state index contributed by atoms with van der Waals surface area (Å²) in [6.07, 6.45) is 9.24. The summed E-state index contributed by atoms with van der Waals surface area (Å²) in [5.74, 6) is -0.526. The summed E-state index contributed by atoms with van der Waals surface area (Å²) in [5.41, 5.74) is 0. The Labute approximate surface area is 126 Å². The van der Waals surface area contributed by atoms with Gasteiger partial charge < -0.3 is 15.7 Å². The Morgan fingerprint density at radius 1 is 1.00 bits per heavy atom. The minimum atomic E-state index is -0.672. The lowest BCUT2D eigenvalue weighted by Crippen LogP contribution is -2.38. The molecule has 120 valence electrons. The van der Waals surface area contributed by atoms with Gasteiger partial charge in [0.25, 0.3) is 0 Å². The average Bonchev–Trinajstić information content (AvgIpc) is 2.93. The number of carboxylic acid groups (broad SMARTS) is 1. The highest BCUT2D eigenvalue weighted by molar-refractivity contribution is 5.76. The molecule has 2 unspecified atom stereocenters. The summed E-state index contributed by atoms with van der Waals surface area (Å²) in [6.45, 7) is 1.36. The highest BCUT2D eigenvalue weighted by Crippen LogP contribution is 2.31. The van der Waals surface area contributed by atoms with Crippen molar-refractivity contribution in [2.24, 2.45) is 11.8 Å². The van der Waals surface area contributed by atoms with E-state index < -0.39 is 5.97 Å². The van der Waals surface area contributed by atoms with Crippen molar-refractivity contribution in [1.82, 2.24) is 10.6 Å². The van der Waals surface area contributed by atoms with Crippen LogP contribution in [0.15, 0.2) is 0 Å². The molecule has 0 spiro atoms. The lowest BCUT2D eigenvalue weighted by atomic mass is 9.95. The van der Waals surface area contributed by atoms with Gasteiger partial charge in [-0.1, -0.05) is 25.7 Å². The monoisotopic (exact) mass is 296 g/mol. The van der Waals surface area contributed by atoms with Crippen molar-refractivity contribution < 1.29 is 14.7 Å². The van der Waals surface area contributed by atoms with Crippen molar-refractivity contribution in [2.45, 2.75) is 63.8 Å². The summed E-state index contributed by atoms with van der Waals surface area (Å²) in [4.78, 5) is 22.9. The zero-order chi connectivity index (χ0) is 15.1. The first-order chi connectivity index (χ1) is 10.2. The fourth-order valence-electron chi connectivity index (χ4n) is 3.64. The Morgan fingerprint density at radius 2 is 1.76 bits per heavy atom. The number of hydrogen-bond donors (Lipinski definition) is 3. The van der Waals surface area contributed by atoms with Gasteiger partial charge in [-0.25, -0.2) is 0 Å². The van der Waals surface area contributed by atoms with E-state index in [1.165, 1.54) is 19.3 Å². The van der Waals surface area contributed by atoms with Crippen molar-refractivity contribution in [3.63, 3.8) is 0 Å². The highest BCUT2D eigenvalue weighted by atomic mass is 16.4. The maximum atomic E-state index is 11.8. The summed E-state index contributed by atoms with van der Waals surface area (Å²) in [5, 5.41) is 15.5. The molecule has 5 nitrogen and oxygen atoms in total. The van der Waals surface area contributed by atoms with E-state index in [0.717, 1.165) is 32.1 Å². The number of carbonyl (C=O) groups excluding carboxylic acids is 1. The number of carbonyl (C=O) groups is 2. The smallest absolute Gasteiger partial charge is 0.306 e. The van der Waals surface area contributed by atoms with E-state index in [0.29, 0.717) is 25.6 Å². The van der Waals surface area contributed by atoms with Crippen LogP contribution in [0.1, 0.15) is 57.8 Å². The Bertz CT molecular complexity index is 353. The molecule has 2 saturated carbocycles. The van der Waals surface area contributed by atoms with Gasteiger partial charge in [-0.15, -0.1) is 0 Å². The van der Waals surface area contributed by atoms with Crippen molar-refractivity contribution in [3.05, 3.63) is 0 Å². The van der Waals surface area contributed by atoms with Gasteiger partial charge in [-0.2, -0.15) is 0 Å². The van der Waals surface area contributed by atoms with Crippen LogP contribution in [0.2, 0.25) is 0 Å². The Morgan fingerprint density at radius 3 is 2.48 bits per heavy atom. The maximum Gasteiger partial charge on any atom is 0.306 e. The van der Waals surface area contributed by atoms with Crippen molar-refractivity contribution in [3.8, 4) is 0 Å². The largest absolute Gasteiger partial charge is 0.481 e. The second-order valence-electron chi connectivity index (χ2n) is 6.49. The normalized spacial score (nSPS) is 26.7. The fourth-order valence-corrected chi connectivity index (χ4v) is 3.64. The molecule has 2 rings (SSSR count). The van der Waals surface area contributed by atoms with Gasteiger partial charge in [-0.3, -0.25) is 9.59 Å². The molecule has 0 aliphatic heterocycles. The van der Waals surface area contributed by atoms with Gasteiger partial charge in [0.05, 0.1) is 5.92 Å². The van der Waals surface area contributed by atoms with Crippen LogP contribution in [0.3, 0.4) is 0 Å². The van der Waals surface area contributed by atoms with Crippen LogP contribution in [-0.4, -0.2) is 36.1 Å². The summed E-state index contributed by atoms with van der Waals surface area (Å²) in [6, 6.07) is 0.373. The molecule has 2 aliphatic rings. The van der Waals surface area contributed by atoms with E-state index >= 15 is 0 Å². The Hall–Kier alpha value is -1.10. The van der Waals surface area contributed by atoms with Crippen LogP contribution in [0.25, 0.3) is 0 Å². The number of hydrogen-bond acceptors (Lipinski definition) is 3. The summed E-state index contributed by atoms with van der Waals surface area (Å²) < 4.78 is 0. The van der Waals surface area contributed by atoms with Crippen LogP contribution < -0.4 is 10.6 Å². The van der Waals surface area contributed by atoms with Crippen LogP contribution in [0.5, 0.6) is 0 Å². The fraction of sp³-hybridized carbons (Fsp3) is 0.875. The molecule has 0 aromatic heterocycles. The predicted molar refractivity (Wildman–Crippen MR) is 81.0 cm³/mol. The molecule has 21 heavy (non-hydrogen) atoms. The first-order valence-corrected chi connectivity index (χ1v) is 8.39. The summed E-state index contributed by atoms with van der Waals surface area (Å²) >= 11 is 0. The van der Waals surface area contributed by atoms with E-state index in [-0.39, 0.29) is 17.7 Å². The van der Waals surface area contributed by atoms with Crippen LogP contribution >= 0.6 is 0 Å². The lowest BCUT2D eigenvalue weighted by Gasteiger charge is -2.23. The standard InChI is InChI=1S/C16H28N2O3/c19-15(18-13-6-2-1-3-7-13)9-10-17-11-12-5-4-8-14(12)16(20)21/h12-14,17H,1-11H2,(H,18,19)(H,20,21). The molecule has 2 atom stereocenters. The second kappa shape index (κ2) is 8.37. The zero-order valence-electron chi connectivity index (χ0n) is 12.8. The van der Waals surface area contributed by atoms with Crippen LogP contribution in [-0.2, 0) is 9.59 Å². The molecule has 2 fully saturated rings. The molecule has 0 aromatic rings. The second-order valence-corrected chi connectivity index (χ2v) is 6.49. The minimum absolute atomic E-state index is 0.121. The van der Waals surface area contributed by atoms with Gasteiger partial charge in [0.15, 0.2) is 0 Å². The highest BCUT2D eigenvalue weighted by Gasteiger charge is 2.32. The van der Waals surface area contributed by atoms with Gasteiger partial charge in [-0.05, 0) is 38.1 Å². The third-order valence-electron chi connectivity index (χ3n) is 4.88. The molecule has 3 N–H and O–H groups in total. The maximum absolute atomic E-state index is 11.8. The first kappa shape index (κ1) is 16.3. The number of aliphatic carboxylic acids is 1. The molecule has 0 heterocycles. The molecule has 0 aromatic carbocycles. The van der Waals surface area contributed by atoms with Gasteiger partial charge in [0.2, 0.25) is 5.91 Å². The Kier molecular flexibility index (Phi) is 6.49.